The molecule has 1 N–H and O–H groups in total. The van der Waals surface area contributed by atoms with Gasteiger partial charge in [-0.3, -0.25) is 0 Å². The van der Waals surface area contributed by atoms with Crippen molar-refractivity contribution in [3.8, 4) is 5.75 Å². The van der Waals surface area contributed by atoms with Gasteiger partial charge >= 0.3 is 0 Å². The van der Waals surface area contributed by atoms with E-state index in [-0.39, 0.29) is 11.0 Å². The Kier molecular flexibility index (Phi) is 4.46. The largest absolute Gasteiger partial charge is 0.497 e. The van der Waals surface area contributed by atoms with Crippen LogP contribution in [-0.2, 0) is 16.4 Å². The van der Waals surface area contributed by atoms with Crippen LogP contribution in [0.15, 0.2) is 39.8 Å². The second-order valence-electron chi connectivity index (χ2n) is 5.87. The summed E-state index contributed by atoms with van der Waals surface area (Å²) in [6, 6.07) is 9.16. The maximum absolute atomic E-state index is 12.3. The molecule has 1 unspecified atom stereocenters. The normalized spacial score (nSPS) is 17.7. The minimum atomic E-state index is -3.60. The van der Waals surface area contributed by atoms with Gasteiger partial charge in [0.2, 0.25) is 5.09 Å². The van der Waals surface area contributed by atoms with Gasteiger partial charge in [-0.05, 0) is 67.5 Å². The first-order chi connectivity index (χ1) is 11.0. The van der Waals surface area contributed by atoms with Gasteiger partial charge in [-0.1, -0.05) is 6.07 Å². The zero-order chi connectivity index (χ0) is 16.4. The quantitative estimate of drug-likeness (QED) is 0.912. The van der Waals surface area contributed by atoms with Crippen LogP contribution >= 0.6 is 0 Å². The summed E-state index contributed by atoms with van der Waals surface area (Å²) < 4.78 is 37.7. The van der Waals surface area contributed by atoms with E-state index in [0.717, 1.165) is 25.0 Å². The fourth-order valence-electron chi connectivity index (χ4n) is 3.07. The van der Waals surface area contributed by atoms with E-state index in [1.54, 1.807) is 20.1 Å². The lowest BCUT2D eigenvalue weighted by Crippen LogP contribution is -2.29. The zero-order valence-electron chi connectivity index (χ0n) is 13.3. The van der Waals surface area contributed by atoms with Gasteiger partial charge in [0.05, 0.1) is 7.11 Å². The van der Waals surface area contributed by atoms with Crippen molar-refractivity contribution in [3.63, 3.8) is 0 Å². The van der Waals surface area contributed by atoms with Gasteiger partial charge in [0.15, 0.2) is 0 Å². The van der Waals surface area contributed by atoms with E-state index in [2.05, 4.69) is 4.72 Å². The number of aryl methyl sites for hydroxylation is 2. The number of hydrogen-bond acceptors (Lipinski definition) is 4. The van der Waals surface area contributed by atoms with Crippen molar-refractivity contribution >= 4 is 10.0 Å². The molecule has 0 fully saturated rings. The molecule has 1 aliphatic carbocycles. The van der Waals surface area contributed by atoms with Crippen molar-refractivity contribution < 1.29 is 17.6 Å². The van der Waals surface area contributed by atoms with Gasteiger partial charge < -0.3 is 9.15 Å². The number of hydrogen-bond donors (Lipinski definition) is 1. The lowest BCUT2D eigenvalue weighted by molar-refractivity contribution is 0.412. The van der Waals surface area contributed by atoms with E-state index in [9.17, 15) is 8.42 Å². The van der Waals surface area contributed by atoms with Crippen molar-refractivity contribution in [3.05, 3.63) is 47.2 Å². The minimum absolute atomic E-state index is 0.0271. The maximum atomic E-state index is 12.3. The van der Waals surface area contributed by atoms with Crippen LogP contribution in [0.2, 0.25) is 0 Å². The summed E-state index contributed by atoms with van der Waals surface area (Å²) in [5, 5.41) is -0.0271. The van der Waals surface area contributed by atoms with Crippen LogP contribution in [0.25, 0.3) is 0 Å². The van der Waals surface area contributed by atoms with Crippen LogP contribution in [0.1, 0.15) is 35.6 Å². The molecule has 1 atom stereocenters. The number of furan rings is 1. The molecule has 1 aliphatic rings. The predicted octanol–water partition coefficient (Wildman–Crippen LogP) is 3.00. The highest BCUT2D eigenvalue weighted by atomic mass is 32.2. The third-order valence-corrected chi connectivity index (χ3v) is 5.58. The molecule has 1 aromatic carbocycles. The molecule has 0 saturated heterocycles. The Hall–Kier alpha value is -1.79. The molecule has 23 heavy (non-hydrogen) atoms. The Labute approximate surface area is 136 Å². The van der Waals surface area contributed by atoms with E-state index >= 15 is 0 Å². The predicted molar refractivity (Wildman–Crippen MR) is 87.3 cm³/mol. The fourth-order valence-corrected chi connectivity index (χ4v) is 4.12. The first-order valence-electron chi connectivity index (χ1n) is 7.72. The van der Waals surface area contributed by atoms with Crippen LogP contribution < -0.4 is 9.46 Å². The fraction of sp³-hybridized carbons (Fsp3) is 0.412. The van der Waals surface area contributed by atoms with Crippen LogP contribution in [-0.4, -0.2) is 22.1 Å². The molecule has 0 aliphatic heterocycles. The van der Waals surface area contributed by atoms with Gasteiger partial charge in [-0.25, -0.2) is 13.1 Å². The van der Waals surface area contributed by atoms with Crippen molar-refractivity contribution in [2.45, 2.75) is 37.2 Å². The summed E-state index contributed by atoms with van der Waals surface area (Å²) in [4.78, 5) is 0. The van der Waals surface area contributed by atoms with Crippen molar-refractivity contribution in [2.24, 2.45) is 0 Å². The Bertz CT molecular complexity index is 795. The third kappa shape index (κ3) is 3.43. The first-order valence-corrected chi connectivity index (χ1v) is 9.21. The van der Waals surface area contributed by atoms with Crippen LogP contribution in [0.5, 0.6) is 5.75 Å². The SMILES string of the molecule is COc1ccc2c(c1)CCCC2CNS(=O)(=O)c1ccc(C)o1. The van der Waals surface area contributed by atoms with Gasteiger partial charge in [-0.15, -0.1) is 0 Å². The number of ether oxygens (including phenoxy) is 1. The number of benzene rings is 1. The average molecular weight is 335 g/mol. The smallest absolute Gasteiger partial charge is 0.273 e. The molecule has 0 radical (unpaired) electrons. The highest BCUT2D eigenvalue weighted by molar-refractivity contribution is 7.89. The lowest BCUT2D eigenvalue weighted by atomic mass is 9.83. The molecule has 0 spiro atoms. The summed E-state index contributed by atoms with van der Waals surface area (Å²) in [5.41, 5.74) is 2.45. The second kappa shape index (κ2) is 6.37. The Balaban J connectivity index is 1.75. The number of sulfonamides is 1. The molecule has 2 aromatic rings. The van der Waals surface area contributed by atoms with Crippen molar-refractivity contribution in [1.29, 1.82) is 0 Å². The van der Waals surface area contributed by atoms with E-state index in [4.69, 9.17) is 9.15 Å². The van der Waals surface area contributed by atoms with Crippen molar-refractivity contribution in [1.82, 2.24) is 4.72 Å². The van der Waals surface area contributed by atoms with E-state index in [1.165, 1.54) is 17.2 Å². The van der Waals surface area contributed by atoms with Crippen LogP contribution in [0, 0.1) is 6.92 Å². The number of methoxy groups -OCH3 is 1. The molecule has 124 valence electrons. The molecule has 1 aromatic heterocycles. The van der Waals surface area contributed by atoms with Gasteiger partial charge in [0.1, 0.15) is 11.5 Å². The number of rotatable bonds is 5. The highest BCUT2D eigenvalue weighted by Gasteiger charge is 2.24. The summed E-state index contributed by atoms with van der Waals surface area (Å²) >= 11 is 0. The molecule has 0 amide bonds. The standard InChI is InChI=1S/C17H21NO4S/c1-12-6-9-17(22-12)23(19,20)18-11-14-5-3-4-13-10-15(21-2)7-8-16(13)14/h6-10,14,18H,3-5,11H2,1-2H3. The van der Waals surface area contributed by atoms with Crippen LogP contribution in [0.4, 0.5) is 0 Å². The summed E-state index contributed by atoms with van der Waals surface area (Å²) in [7, 11) is -1.94. The summed E-state index contributed by atoms with van der Waals surface area (Å²) in [6.45, 7) is 2.10. The highest BCUT2D eigenvalue weighted by Crippen LogP contribution is 2.33. The molecule has 6 heteroatoms. The Morgan fingerprint density at radius 3 is 2.83 bits per heavy atom. The Morgan fingerprint density at radius 2 is 2.13 bits per heavy atom. The Morgan fingerprint density at radius 1 is 1.30 bits per heavy atom. The number of nitrogens with one attached hydrogen (secondary N) is 1. The van der Waals surface area contributed by atoms with Crippen LogP contribution in [0.3, 0.4) is 0 Å². The molecule has 3 rings (SSSR count). The van der Waals surface area contributed by atoms with E-state index in [1.807, 2.05) is 18.2 Å². The molecular weight excluding hydrogens is 314 g/mol. The van der Waals surface area contributed by atoms with E-state index < -0.39 is 10.0 Å². The number of fused-ring (bicyclic) bond motifs is 1. The van der Waals surface area contributed by atoms with Gasteiger partial charge in [0, 0.05) is 6.54 Å². The summed E-state index contributed by atoms with van der Waals surface area (Å²) in [6.07, 6.45) is 3.03. The third-order valence-electron chi connectivity index (χ3n) is 4.29. The van der Waals surface area contributed by atoms with Gasteiger partial charge in [0.25, 0.3) is 10.0 Å². The van der Waals surface area contributed by atoms with E-state index in [0.29, 0.717) is 12.3 Å². The molecule has 0 saturated carbocycles. The molecule has 1 heterocycles. The zero-order valence-corrected chi connectivity index (χ0v) is 14.2. The van der Waals surface area contributed by atoms with Crippen molar-refractivity contribution in [2.75, 3.05) is 13.7 Å². The molecular formula is C17H21NO4S. The first kappa shape index (κ1) is 16.1. The average Bonchev–Trinajstić information content (AvgIpc) is 2.99. The molecule has 5 nitrogen and oxygen atoms in total. The summed E-state index contributed by atoms with van der Waals surface area (Å²) in [5.74, 6) is 1.60. The monoisotopic (exact) mass is 335 g/mol. The lowest BCUT2D eigenvalue weighted by Gasteiger charge is -2.26. The topological polar surface area (TPSA) is 68.5 Å². The molecule has 0 bridgehead atoms. The minimum Gasteiger partial charge on any atom is -0.497 e. The maximum Gasteiger partial charge on any atom is 0.273 e. The second-order valence-corrected chi connectivity index (χ2v) is 7.57. The van der Waals surface area contributed by atoms with Gasteiger partial charge in [-0.2, -0.15) is 0 Å².